The summed E-state index contributed by atoms with van der Waals surface area (Å²) in [6, 6.07) is 27.2. The number of aromatic nitrogens is 1. The van der Waals surface area contributed by atoms with Crippen molar-refractivity contribution in [3.05, 3.63) is 119 Å². The smallest absolute Gasteiger partial charge is 0.258 e. The maximum Gasteiger partial charge on any atom is 0.258 e. The maximum absolute atomic E-state index is 13.6. The van der Waals surface area contributed by atoms with Crippen molar-refractivity contribution in [2.24, 2.45) is 0 Å². The molecule has 2 heterocycles. The highest BCUT2D eigenvalue weighted by atomic mass is 16.2. The minimum absolute atomic E-state index is 0.0534. The molecule has 33 heavy (non-hydrogen) atoms. The number of nitrogens with zero attached hydrogens (tertiary/aromatic N) is 2. The Morgan fingerprint density at radius 1 is 0.879 bits per heavy atom. The molecular formula is C28H25N3O2. The number of anilines is 2. The zero-order valence-corrected chi connectivity index (χ0v) is 18.5. The van der Waals surface area contributed by atoms with E-state index in [-0.39, 0.29) is 11.8 Å². The lowest BCUT2D eigenvalue weighted by Crippen LogP contribution is -2.30. The van der Waals surface area contributed by atoms with Gasteiger partial charge in [-0.15, -0.1) is 0 Å². The fourth-order valence-electron chi connectivity index (χ4n) is 4.34. The van der Waals surface area contributed by atoms with Crippen molar-refractivity contribution >= 4 is 23.2 Å². The largest absolute Gasteiger partial charge is 0.345 e. The summed E-state index contributed by atoms with van der Waals surface area (Å²) in [6.07, 6.45) is 2.36. The third kappa shape index (κ3) is 4.30. The van der Waals surface area contributed by atoms with Gasteiger partial charge in [-0.25, -0.2) is 0 Å². The molecule has 1 N–H and O–H groups in total. The van der Waals surface area contributed by atoms with Gasteiger partial charge in [0.25, 0.3) is 5.91 Å². The SMILES string of the molecule is Cc1cc(C(=O)N2Cc3cccn3Cc3ccccc32)ccc1NC(=O)Cc1ccccc1. The van der Waals surface area contributed by atoms with E-state index >= 15 is 0 Å². The Hall–Kier alpha value is -4.12. The van der Waals surface area contributed by atoms with Crippen molar-refractivity contribution < 1.29 is 9.59 Å². The first-order valence-electron chi connectivity index (χ1n) is 11.1. The number of amides is 2. The van der Waals surface area contributed by atoms with Gasteiger partial charge >= 0.3 is 0 Å². The molecule has 1 aliphatic rings. The molecule has 0 saturated heterocycles. The van der Waals surface area contributed by atoms with Crippen LogP contribution < -0.4 is 10.2 Å². The third-order valence-electron chi connectivity index (χ3n) is 6.07. The summed E-state index contributed by atoms with van der Waals surface area (Å²) in [5, 5.41) is 2.97. The van der Waals surface area contributed by atoms with Crippen LogP contribution in [0.15, 0.2) is 91.1 Å². The molecule has 3 aromatic carbocycles. The number of rotatable bonds is 4. The Bertz CT molecular complexity index is 1320. The van der Waals surface area contributed by atoms with Crippen molar-refractivity contribution in [1.29, 1.82) is 0 Å². The van der Waals surface area contributed by atoms with Crippen LogP contribution in [-0.2, 0) is 24.3 Å². The highest BCUT2D eigenvalue weighted by molar-refractivity contribution is 6.07. The van der Waals surface area contributed by atoms with Gasteiger partial charge in [0.05, 0.1) is 13.0 Å². The minimum Gasteiger partial charge on any atom is -0.345 e. The molecule has 0 unspecified atom stereocenters. The topological polar surface area (TPSA) is 54.3 Å². The maximum atomic E-state index is 13.6. The van der Waals surface area contributed by atoms with E-state index in [0.29, 0.717) is 18.5 Å². The van der Waals surface area contributed by atoms with E-state index in [0.717, 1.165) is 40.3 Å². The first-order chi connectivity index (χ1) is 16.1. The Morgan fingerprint density at radius 2 is 1.67 bits per heavy atom. The van der Waals surface area contributed by atoms with Gasteiger partial charge in [0, 0.05) is 35.4 Å². The van der Waals surface area contributed by atoms with Crippen molar-refractivity contribution in [2.75, 3.05) is 10.2 Å². The van der Waals surface area contributed by atoms with Crippen LogP contribution in [0.3, 0.4) is 0 Å². The highest BCUT2D eigenvalue weighted by Crippen LogP contribution is 2.29. The average Bonchev–Trinajstić information content (AvgIpc) is 3.19. The molecule has 0 spiro atoms. The molecule has 0 saturated carbocycles. The molecule has 1 aromatic heterocycles. The zero-order valence-electron chi connectivity index (χ0n) is 18.5. The highest BCUT2D eigenvalue weighted by Gasteiger charge is 2.25. The number of benzene rings is 3. The Balaban J connectivity index is 1.38. The summed E-state index contributed by atoms with van der Waals surface area (Å²) in [4.78, 5) is 27.9. The average molecular weight is 436 g/mol. The molecule has 1 aliphatic heterocycles. The van der Waals surface area contributed by atoms with Crippen LogP contribution in [0.2, 0.25) is 0 Å². The van der Waals surface area contributed by atoms with Gasteiger partial charge in [-0.3, -0.25) is 9.59 Å². The standard InChI is InChI=1S/C28H25N3O2/c1-20-16-22(13-14-25(20)29-27(32)17-21-8-3-2-4-9-21)28(33)31-19-24-11-7-15-30(24)18-23-10-5-6-12-26(23)31/h2-16H,17-19H2,1H3,(H,29,32). The lowest BCUT2D eigenvalue weighted by Gasteiger charge is -2.23. The third-order valence-corrected chi connectivity index (χ3v) is 6.07. The normalized spacial score (nSPS) is 12.5. The Labute approximate surface area is 193 Å². The predicted molar refractivity (Wildman–Crippen MR) is 130 cm³/mol. The Kier molecular flexibility index (Phi) is 5.53. The number of carbonyl (C=O) groups is 2. The van der Waals surface area contributed by atoms with Gasteiger partial charge in [0.2, 0.25) is 5.91 Å². The Morgan fingerprint density at radius 3 is 2.48 bits per heavy atom. The molecule has 5 rings (SSSR count). The lowest BCUT2D eigenvalue weighted by atomic mass is 10.1. The van der Waals surface area contributed by atoms with E-state index < -0.39 is 0 Å². The van der Waals surface area contributed by atoms with Crippen molar-refractivity contribution in [3.63, 3.8) is 0 Å². The van der Waals surface area contributed by atoms with Gasteiger partial charge in [-0.1, -0.05) is 48.5 Å². The molecule has 0 aliphatic carbocycles. The van der Waals surface area contributed by atoms with Gasteiger partial charge in [0.1, 0.15) is 0 Å². The number of hydrogen-bond donors (Lipinski definition) is 1. The molecule has 0 atom stereocenters. The lowest BCUT2D eigenvalue weighted by molar-refractivity contribution is -0.115. The van der Waals surface area contributed by atoms with E-state index in [1.165, 1.54) is 0 Å². The fourth-order valence-corrected chi connectivity index (χ4v) is 4.34. The van der Waals surface area contributed by atoms with Gasteiger partial charge in [-0.05, 0) is 60.0 Å². The van der Waals surface area contributed by atoms with Crippen LogP contribution in [0, 0.1) is 6.92 Å². The van der Waals surface area contributed by atoms with Gasteiger partial charge in [0.15, 0.2) is 0 Å². The summed E-state index contributed by atoms with van der Waals surface area (Å²) in [5.41, 5.74) is 6.28. The van der Waals surface area contributed by atoms with E-state index in [1.54, 1.807) is 6.07 Å². The van der Waals surface area contributed by atoms with E-state index in [9.17, 15) is 9.59 Å². The number of fused-ring (bicyclic) bond motifs is 2. The summed E-state index contributed by atoms with van der Waals surface area (Å²) in [7, 11) is 0. The summed E-state index contributed by atoms with van der Waals surface area (Å²) in [6.45, 7) is 3.17. The molecule has 0 radical (unpaired) electrons. The minimum atomic E-state index is -0.0782. The summed E-state index contributed by atoms with van der Waals surface area (Å²) in [5.74, 6) is -0.132. The van der Waals surface area contributed by atoms with E-state index in [4.69, 9.17) is 0 Å². The van der Waals surface area contributed by atoms with Crippen molar-refractivity contribution in [3.8, 4) is 0 Å². The van der Waals surface area contributed by atoms with Crippen molar-refractivity contribution in [1.82, 2.24) is 4.57 Å². The summed E-state index contributed by atoms with van der Waals surface area (Å²) < 4.78 is 2.18. The van der Waals surface area contributed by atoms with Crippen LogP contribution in [0.5, 0.6) is 0 Å². The molecule has 5 nitrogen and oxygen atoms in total. The number of nitrogens with one attached hydrogen (secondary N) is 1. The molecule has 5 heteroatoms. The number of hydrogen-bond acceptors (Lipinski definition) is 2. The second kappa shape index (κ2) is 8.79. The second-order valence-corrected chi connectivity index (χ2v) is 8.39. The van der Waals surface area contributed by atoms with Crippen LogP contribution in [-0.4, -0.2) is 16.4 Å². The number of carbonyl (C=O) groups excluding carboxylic acids is 2. The van der Waals surface area contributed by atoms with Gasteiger partial charge in [-0.2, -0.15) is 0 Å². The van der Waals surface area contributed by atoms with Crippen LogP contribution in [0.4, 0.5) is 11.4 Å². The van der Waals surface area contributed by atoms with Crippen molar-refractivity contribution in [2.45, 2.75) is 26.4 Å². The first kappa shape index (κ1) is 20.8. The van der Waals surface area contributed by atoms with Crippen LogP contribution in [0.1, 0.15) is 32.7 Å². The monoisotopic (exact) mass is 435 g/mol. The molecule has 2 amide bonds. The van der Waals surface area contributed by atoms with Gasteiger partial charge < -0.3 is 14.8 Å². The fraction of sp³-hybridized carbons (Fsp3) is 0.143. The second-order valence-electron chi connectivity index (χ2n) is 8.39. The quantitative estimate of drug-likeness (QED) is 0.480. The summed E-state index contributed by atoms with van der Waals surface area (Å²) >= 11 is 0. The molecule has 0 bridgehead atoms. The molecule has 164 valence electrons. The molecular weight excluding hydrogens is 410 g/mol. The van der Waals surface area contributed by atoms with E-state index in [2.05, 4.69) is 28.2 Å². The first-order valence-corrected chi connectivity index (χ1v) is 11.1. The molecule has 4 aromatic rings. The van der Waals surface area contributed by atoms with Crippen LogP contribution in [0.25, 0.3) is 0 Å². The predicted octanol–water partition coefficient (Wildman–Crippen LogP) is 5.19. The zero-order chi connectivity index (χ0) is 22.8. The molecule has 0 fully saturated rings. The van der Waals surface area contributed by atoms with E-state index in [1.807, 2.05) is 78.6 Å². The van der Waals surface area contributed by atoms with Crippen LogP contribution >= 0.6 is 0 Å². The number of aryl methyl sites for hydroxylation is 1. The number of para-hydroxylation sites is 1.